The minimum Gasteiger partial charge on any atom is -0.469 e. The first-order valence-electron chi connectivity index (χ1n) is 5.21. The Kier molecular flexibility index (Phi) is 5.19. The van der Waals surface area contributed by atoms with Gasteiger partial charge in [-0.25, -0.2) is 0 Å². The molecule has 0 aliphatic rings. The Hall–Kier alpha value is -1.71. The molecule has 0 fully saturated rings. The Balaban J connectivity index is 2.23. The maximum absolute atomic E-state index is 11.4. The van der Waals surface area contributed by atoms with Crippen molar-refractivity contribution in [2.24, 2.45) is 0 Å². The van der Waals surface area contributed by atoms with E-state index in [0.29, 0.717) is 12.8 Å². The number of aryl methyl sites for hydroxylation is 1. The van der Waals surface area contributed by atoms with Gasteiger partial charge in [-0.05, 0) is 18.6 Å². The second-order valence-corrected chi connectivity index (χ2v) is 3.44. The fraction of sp³-hybridized carbons (Fsp3) is 0.417. The van der Waals surface area contributed by atoms with Gasteiger partial charge in [0.05, 0.1) is 13.5 Å². The van der Waals surface area contributed by atoms with Crippen molar-refractivity contribution in [3.05, 3.63) is 30.1 Å². The second-order valence-electron chi connectivity index (χ2n) is 3.44. The van der Waals surface area contributed by atoms with Gasteiger partial charge in [0.25, 0.3) is 0 Å². The van der Waals surface area contributed by atoms with Crippen LogP contribution in [0.5, 0.6) is 0 Å². The summed E-state index contributed by atoms with van der Waals surface area (Å²) in [5.74, 6) is -0.276. The predicted molar refractivity (Wildman–Crippen MR) is 58.8 cm³/mol. The molecule has 86 valence electrons. The minimum absolute atomic E-state index is 0.0658. The Morgan fingerprint density at radius 3 is 2.69 bits per heavy atom. The molecule has 0 saturated carbocycles. The summed E-state index contributed by atoms with van der Waals surface area (Å²) in [5.41, 5.74) is 0.897. The minimum atomic E-state index is -0.341. The number of aromatic nitrogens is 1. The average Bonchev–Trinajstić information content (AvgIpc) is 2.34. The molecule has 0 amide bonds. The Labute approximate surface area is 94.6 Å². The number of ketones is 1. The molecule has 0 radical (unpaired) electrons. The molecule has 0 saturated heterocycles. The Morgan fingerprint density at radius 1 is 1.25 bits per heavy atom. The van der Waals surface area contributed by atoms with E-state index < -0.39 is 0 Å². The third-order valence-electron chi connectivity index (χ3n) is 2.22. The lowest BCUT2D eigenvalue weighted by molar-refractivity contribution is -0.141. The topological polar surface area (TPSA) is 56.3 Å². The molecule has 0 unspecified atom stereocenters. The van der Waals surface area contributed by atoms with Crippen LogP contribution in [-0.4, -0.2) is 23.8 Å². The lowest BCUT2D eigenvalue weighted by Gasteiger charge is -2.00. The number of methoxy groups -OCH3 is 1. The molecule has 0 spiro atoms. The zero-order valence-corrected chi connectivity index (χ0v) is 9.31. The van der Waals surface area contributed by atoms with Gasteiger partial charge in [-0.1, -0.05) is 6.07 Å². The molecule has 0 bridgehead atoms. The molecule has 1 aromatic heterocycles. The summed E-state index contributed by atoms with van der Waals surface area (Å²) in [6.07, 6.45) is 3.17. The monoisotopic (exact) mass is 221 g/mol. The van der Waals surface area contributed by atoms with Gasteiger partial charge in [-0.15, -0.1) is 0 Å². The maximum Gasteiger partial charge on any atom is 0.305 e. The zero-order valence-electron chi connectivity index (χ0n) is 9.31. The van der Waals surface area contributed by atoms with Crippen molar-refractivity contribution in [1.29, 1.82) is 0 Å². The number of rotatable bonds is 6. The molecule has 16 heavy (non-hydrogen) atoms. The van der Waals surface area contributed by atoms with Gasteiger partial charge >= 0.3 is 5.97 Å². The lowest BCUT2D eigenvalue weighted by Crippen LogP contribution is -2.06. The van der Waals surface area contributed by atoms with Crippen molar-refractivity contribution in [3.8, 4) is 0 Å². The van der Waals surface area contributed by atoms with E-state index in [1.165, 1.54) is 7.11 Å². The zero-order chi connectivity index (χ0) is 11.8. The van der Waals surface area contributed by atoms with Crippen molar-refractivity contribution in [2.75, 3.05) is 7.11 Å². The number of pyridine rings is 1. The molecule has 0 N–H and O–H groups in total. The summed E-state index contributed by atoms with van der Waals surface area (Å²) in [6.45, 7) is 0. The van der Waals surface area contributed by atoms with E-state index >= 15 is 0 Å². The van der Waals surface area contributed by atoms with Crippen LogP contribution in [0.4, 0.5) is 0 Å². The van der Waals surface area contributed by atoms with Crippen LogP contribution in [0.15, 0.2) is 24.4 Å². The van der Waals surface area contributed by atoms with Gasteiger partial charge in [-0.3, -0.25) is 14.6 Å². The second kappa shape index (κ2) is 6.71. The van der Waals surface area contributed by atoms with Crippen LogP contribution in [0.1, 0.15) is 25.0 Å². The normalized spacial score (nSPS) is 9.81. The van der Waals surface area contributed by atoms with Crippen molar-refractivity contribution in [2.45, 2.75) is 25.7 Å². The molecule has 0 aliphatic carbocycles. The molecular weight excluding hydrogens is 206 g/mol. The predicted octanol–water partition coefficient (Wildman–Crippen LogP) is 1.54. The Morgan fingerprint density at radius 2 is 2.06 bits per heavy atom. The number of ether oxygens (including phenoxy) is 1. The van der Waals surface area contributed by atoms with E-state index in [0.717, 1.165) is 5.69 Å². The summed E-state index contributed by atoms with van der Waals surface area (Å²) in [5, 5.41) is 0. The summed E-state index contributed by atoms with van der Waals surface area (Å²) < 4.78 is 4.46. The van der Waals surface area contributed by atoms with Gasteiger partial charge < -0.3 is 4.74 Å². The van der Waals surface area contributed by atoms with E-state index in [2.05, 4.69) is 9.72 Å². The molecule has 1 heterocycles. The maximum atomic E-state index is 11.4. The fourth-order valence-electron chi connectivity index (χ4n) is 1.28. The highest BCUT2D eigenvalue weighted by Crippen LogP contribution is 2.03. The van der Waals surface area contributed by atoms with Crippen LogP contribution in [0.2, 0.25) is 0 Å². The largest absolute Gasteiger partial charge is 0.469 e. The SMILES string of the molecule is COC(=O)CCC(=O)CCc1ccccn1. The van der Waals surface area contributed by atoms with E-state index in [9.17, 15) is 9.59 Å². The number of carbonyl (C=O) groups excluding carboxylic acids is 2. The first-order chi connectivity index (χ1) is 7.72. The number of nitrogens with zero attached hydrogens (tertiary/aromatic N) is 1. The third-order valence-corrected chi connectivity index (χ3v) is 2.22. The van der Waals surface area contributed by atoms with Crippen LogP contribution in [0, 0.1) is 0 Å². The highest BCUT2D eigenvalue weighted by Gasteiger charge is 2.07. The molecule has 1 aromatic rings. The van der Waals surface area contributed by atoms with Crippen LogP contribution < -0.4 is 0 Å². The summed E-state index contributed by atoms with van der Waals surface area (Å²) in [7, 11) is 1.32. The average molecular weight is 221 g/mol. The number of hydrogen-bond acceptors (Lipinski definition) is 4. The summed E-state index contributed by atoms with van der Waals surface area (Å²) >= 11 is 0. The van der Waals surface area contributed by atoms with Gasteiger partial charge in [0, 0.05) is 24.7 Å². The summed E-state index contributed by atoms with van der Waals surface area (Å²) in [6, 6.07) is 5.61. The standard InChI is InChI=1S/C12H15NO3/c1-16-12(15)8-7-11(14)6-5-10-4-2-3-9-13-10/h2-4,9H,5-8H2,1H3. The van der Waals surface area contributed by atoms with Crippen molar-refractivity contribution < 1.29 is 14.3 Å². The molecule has 0 aliphatic heterocycles. The van der Waals surface area contributed by atoms with Crippen molar-refractivity contribution in [3.63, 3.8) is 0 Å². The van der Waals surface area contributed by atoms with Gasteiger partial charge in [0.15, 0.2) is 0 Å². The molecule has 4 nitrogen and oxygen atoms in total. The Bertz CT molecular complexity index is 349. The number of carbonyl (C=O) groups is 2. The molecule has 1 rings (SSSR count). The van der Waals surface area contributed by atoms with Gasteiger partial charge in [0.1, 0.15) is 5.78 Å². The van der Waals surface area contributed by atoms with E-state index in [4.69, 9.17) is 0 Å². The fourth-order valence-corrected chi connectivity index (χ4v) is 1.28. The van der Waals surface area contributed by atoms with Gasteiger partial charge in [-0.2, -0.15) is 0 Å². The van der Waals surface area contributed by atoms with E-state index in [1.54, 1.807) is 6.20 Å². The summed E-state index contributed by atoms with van der Waals surface area (Å²) in [4.78, 5) is 26.3. The van der Waals surface area contributed by atoms with Crippen LogP contribution in [0.25, 0.3) is 0 Å². The molecule has 4 heteroatoms. The van der Waals surface area contributed by atoms with Gasteiger partial charge in [0.2, 0.25) is 0 Å². The smallest absolute Gasteiger partial charge is 0.305 e. The van der Waals surface area contributed by atoms with Crippen molar-refractivity contribution >= 4 is 11.8 Å². The van der Waals surface area contributed by atoms with E-state index in [1.807, 2.05) is 18.2 Å². The number of Topliss-reactive ketones (excluding diaryl/α,β-unsaturated/α-hetero) is 1. The number of esters is 1. The molecule has 0 aromatic carbocycles. The number of hydrogen-bond donors (Lipinski definition) is 0. The molecule has 0 atom stereocenters. The first-order valence-corrected chi connectivity index (χ1v) is 5.21. The van der Waals surface area contributed by atoms with Crippen LogP contribution >= 0.6 is 0 Å². The van der Waals surface area contributed by atoms with Crippen LogP contribution in [0.3, 0.4) is 0 Å². The van der Waals surface area contributed by atoms with Crippen LogP contribution in [-0.2, 0) is 20.7 Å². The third kappa shape index (κ3) is 4.68. The lowest BCUT2D eigenvalue weighted by atomic mass is 10.1. The molecular formula is C12H15NO3. The van der Waals surface area contributed by atoms with E-state index in [-0.39, 0.29) is 24.6 Å². The first kappa shape index (κ1) is 12.4. The highest BCUT2D eigenvalue weighted by atomic mass is 16.5. The van der Waals surface area contributed by atoms with Crippen molar-refractivity contribution in [1.82, 2.24) is 4.98 Å². The highest BCUT2D eigenvalue weighted by molar-refractivity contribution is 5.82. The quantitative estimate of drug-likeness (QED) is 0.684.